The SMILES string of the molecule is COc1ccc(COC(=O)C2=C(SCCc3ccccn3)CS[C@@H]3[C@H](N)C(=O)N23)cc1. The molecule has 2 N–H and O–H groups in total. The first-order valence-electron chi connectivity index (χ1n) is 9.84. The molecule has 9 heteroatoms. The van der Waals surface area contributed by atoms with Crippen LogP contribution in [0.2, 0.25) is 0 Å². The normalized spacial score (nSPS) is 20.2. The number of carbonyl (C=O) groups is 2. The summed E-state index contributed by atoms with van der Waals surface area (Å²) in [5.74, 6) is 1.37. The Labute approximate surface area is 189 Å². The number of benzene rings is 1. The van der Waals surface area contributed by atoms with Gasteiger partial charge in [0.1, 0.15) is 29.5 Å². The molecule has 0 aliphatic carbocycles. The molecule has 2 aromatic rings. The number of carbonyl (C=O) groups excluding carboxylic acids is 2. The largest absolute Gasteiger partial charge is 0.497 e. The predicted molar refractivity (Wildman–Crippen MR) is 121 cm³/mol. The third kappa shape index (κ3) is 4.73. The molecule has 31 heavy (non-hydrogen) atoms. The number of fused-ring (bicyclic) bond motifs is 1. The van der Waals surface area contributed by atoms with E-state index >= 15 is 0 Å². The summed E-state index contributed by atoms with van der Waals surface area (Å²) in [6.07, 6.45) is 2.53. The van der Waals surface area contributed by atoms with E-state index in [1.165, 1.54) is 4.90 Å². The summed E-state index contributed by atoms with van der Waals surface area (Å²) >= 11 is 3.15. The molecule has 1 fully saturated rings. The highest BCUT2D eigenvalue weighted by molar-refractivity contribution is 8.06. The van der Waals surface area contributed by atoms with Crippen molar-refractivity contribution >= 4 is 35.4 Å². The van der Waals surface area contributed by atoms with Crippen molar-refractivity contribution in [1.82, 2.24) is 9.88 Å². The van der Waals surface area contributed by atoms with Crippen molar-refractivity contribution in [2.45, 2.75) is 24.4 Å². The summed E-state index contributed by atoms with van der Waals surface area (Å²) in [5, 5.41) is -0.212. The van der Waals surface area contributed by atoms with Gasteiger partial charge in [0.15, 0.2) is 0 Å². The molecule has 1 amide bonds. The van der Waals surface area contributed by atoms with Crippen LogP contribution in [0.25, 0.3) is 0 Å². The number of hydrogen-bond donors (Lipinski definition) is 1. The number of nitrogens with two attached hydrogens (primary N) is 1. The number of ether oxygens (including phenoxy) is 2. The number of pyridine rings is 1. The standard InChI is InChI=1S/C22H23N3O4S2/c1-28-16-7-5-14(6-8-16)12-29-22(27)19-17(13-31-21-18(23)20(26)25(19)21)30-11-9-15-4-2-3-10-24-15/h2-8,10,18,21H,9,11-13,23H2,1H3/t18-,21-/m1/s1. The minimum atomic E-state index is -0.575. The van der Waals surface area contributed by atoms with E-state index in [-0.39, 0.29) is 17.9 Å². The van der Waals surface area contributed by atoms with E-state index in [9.17, 15) is 9.59 Å². The summed E-state index contributed by atoms with van der Waals surface area (Å²) in [4.78, 5) is 32.1. The molecule has 0 saturated carbocycles. The number of esters is 1. The molecule has 1 aromatic heterocycles. The Kier molecular flexibility index (Phi) is 6.84. The second-order valence-electron chi connectivity index (χ2n) is 7.05. The zero-order chi connectivity index (χ0) is 21.8. The van der Waals surface area contributed by atoms with Gasteiger partial charge in [-0.1, -0.05) is 18.2 Å². The Hall–Kier alpha value is -2.49. The monoisotopic (exact) mass is 457 g/mol. The highest BCUT2D eigenvalue weighted by Crippen LogP contribution is 2.43. The van der Waals surface area contributed by atoms with E-state index in [4.69, 9.17) is 15.2 Å². The van der Waals surface area contributed by atoms with Crippen molar-refractivity contribution in [2.75, 3.05) is 18.6 Å². The Bertz CT molecular complexity index is 982. The molecule has 2 atom stereocenters. The lowest BCUT2D eigenvalue weighted by molar-refractivity contribution is -0.151. The van der Waals surface area contributed by atoms with E-state index in [1.807, 2.05) is 42.5 Å². The van der Waals surface area contributed by atoms with Gasteiger partial charge in [-0.15, -0.1) is 23.5 Å². The molecule has 0 unspecified atom stereocenters. The summed E-state index contributed by atoms with van der Waals surface area (Å²) in [5.41, 5.74) is 8.10. The van der Waals surface area contributed by atoms with E-state index in [2.05, 4.69) is 4.98 Å². The van der Waals surface area contributed by atoms with Crippen LogP contribution in [0.5, 0.6) is 5.75 Å². The van der Waals surface area contributed by atoms with Gasteiger partial charge in [-0.2, -0.15) is 0 Å². The Morgan fingerprint density at radius 2 is 2.10 bits per heavy atom. The molecule has 4 rings (SSSR count). The van der Waals surface area contributed by atoms with Crippen LogP contribution >= 0.6 is 23.5 Å². The zero-order valence-corrected chi connectivity index (χ0v) is 18.7. The number of thioether (sulfide) groups is 2. The van der Waals surface area contributed by atoms with Crippen LogP contribution in [-0.4, -0.2) is 51.8 Å². The first-order valence-corrected chi connectivity index (χ1v) is 11.9. The number of aryl methyl sites for hydroxylation is 1. The maximum atomic E-state index is 13.0. The Balaban J connectivity index is 1.46. The molecular formula is C22H23N3O4S2. The molecule has 0 bridgehead atoms. The van der Waals surface area contributed by atoms with Crippen LogP contribution in [0, 0.1) is 0 Å². The third-order valence-corrected chi connectivity index (χ3v) is 7.64. The van der Waals surface area contributed by atoms with Crippen molar-refractivity contribution < 1.29 is 19.1 Å². The van der Waals surface area contributed by atoms with E-state index in [1.54, 1.807) is 36.8 Å². The number of aromatic nitrogens is 1. The van der Waals surface area contributed by atoms with Crippen LogP contribution in [0.1, 0.15) is 11.3 Å². The Morgan fingerprint density at radius 3 is 2.81 bits per heavy atom. The zero-order valence-electron chi connectivity index (χ0n) is 17.0. The van der Waals surface area contributed by atoms with Crippen LogP contribution in [0.4, 0.5) is 0 Å². The summed E-state index contributed by atoms with van der Waals surface area (Å²) in [6, 6.07) is 12.5. The van der Waals surface area contributed by atoms with Crippen LogP contribution < -0.4 is 10.5 Å². The first kappa shape index (κ1) is 21.7. The molecule has 7 nitrogen and oxygen atoms in total. The van der Waals surface area contributed by atoms with Gasteiger partial charge in [-0.3, -0.25) is 14.7 Å². The van der Waals surface area contributed by atoms with E-state index in [0.717, 1.165) is 34.1 Å². The summed E-state index contributed by atoms with van der Waals surface area (Å²) in [6.45, 7) is 0.115. The van der Waals surface area contributed by atoms with Crippen LogP contribution in [0.15, 0.2) is 59.3 Å². The highest BCUT2D eigenvalue weighted by atomic mass is 32.2. The smallest absolute Gasteiger partial charge is 0.356 e. The maximum absolute atomic E-state index is 13.0. The number of β-lactam (4-membered cyclic amide) rings is 1. The molecule has 162 valence electrons. The van der Waals surface area contributed by atoms with Gasteiger partial charge in [-0.05, 0) is 36.2 Å². The van der Waals surface area contributed by atoms with Crippen LogP contribution in [-0.2, 0) is 27.4 Å². The molecule has 0 radical (unpaired) electrons. The summed E-state index contributed by atoms with van der Waals surface area (Å²) in [7, 11) is 1.60. The number of methoxy groups -OCH3 is 1. The predicted octanol–water partition coefficient (Wildman–Crippen LogP) is 2.56. The molecule has 3 heterocycles. The van der Waals surface area contributed by atoms with Gasteiger partial charge in [0.05, 0.1) is 7.11 Å². The lowest BCUT2D eigenvalue weighted by atomic mass is 10.1. The fourth-order valence-corrected chi connectivity index (χ4v) is 5.91. The third-order valence-electron chi connectivity index (χ3n) is 5.06. The number of amides is 1. The van der Waals surface area contributed by atoms with Crippen molar-refractivity contribution in [3.05, 3.63) is 70.5 Å². The van der Waals surface area contributed by atoms with Crippen molar-refractivity contribution in [1.29, 1.82) is 0 Å². The second-order valence-corrected chi connectivity index (χ2v) is 9.35. The number of nitrogens with zero attached hydrogens (tertiary/aromatic N) is 2. The minimum Gasteiger partial charge on any atom is -0.497 e. The van der Waals surface area contributed by atoms with Gasteiger partial charge >= 0.3 is 5.97 Å². The maximum Gasteiger partial charge on any atom is 0.356 e. The molecule has 1 saturated heterocycles. The second kappa shape index (κ2) is 9.76. The van der Waals surface area contributed by atoms with Gasteiger partial charge < -0.3 is 15.2 Å². The Morgan fingerprint density at radius 1 is 1.29 bits per heavy atom. The molecule has 2 aliphatic rings. The van der Waals surface area contributed by atoms with Gasteiger partial charge in [0.25, 0.3) is 0 Å². The van der Waals surface area contributed by atoms with Crippen molar-refractivity contribution in [2.24, 2.45) is 5.73 Å². The van der Waals surface area contributed by atoms with Crippen LogP contribution in [0.3, 0.4) is 0 Å². The quantitative estimate of drug-likeness (QED) is 0.477. The van der Waals surface area contributed by atoms with E-state index in [0.29, 0.717) is 11.4 Å². The highest BCUT2D eigenvalue weighted by Gasteiger charge is 2.52. The summed E-state index contributed by atoms with van der Waals surface area (Å²) < 4.78 is 10.7. The molecule has 1 aromatic carbocycles. The molecular weight excluding hydrogens is 434 g/mol. The number of hydrogen-bond acceptors (Lipinski definition) is 8. The lowest BCUT2D eigenvalue weighted by Crippen LogP contribution is -2.68. The number of rotatable bonds is 8. The average molecular weight is 458 g/mol. The lowest BCUT2D eigenvalue weighted by Gasteiger charge is -2.48. The topological polar surface area (TPSA) is 94.7 Å². The first-order chi connectivity index (χ1) is 15.1. The van der Waals surface area contributed by atoms with Crippen molar-refractivity contribution in [3.63, 3.8) is 0 Å². The fourth-order valence-electron chi connectivity index (χ4n) is 3.35. The van der Waals surface area contributed by atoms with Gasteiger partial charge in [-0.25, -0.2) is 4.79 Å². The molecule has 2 aliphatic heterocycles. The average Bonchev–Trinajstić information content (AvgIpc) is 2.82. The van der Waals surface area contributed by atoms with E-state index < -0.39 is 12.0 Å². The van der Waals surface area contributed by atoms with Crippen molar-refractivity contribution in [3.8, 4) is 5.75 Å². The van der Waals surface area contributed by atoms with Gasteiger partial charge in [0.2, 0.25) is 5.91 Å². The fraction of sp³-hybridized carbons (Fsp3) is 0.318. The molecule has 0 spiro atoms. The van der Waals surface area contributed by atoms with Gasteiger partial charge in [0, 0.05) is 28.3 Å². The minimum absolute atomic E-state index is 0.115.